The smallest absolute Gasteiger partial charge is 0.374 e. The molecule has 4 rings (SSSR count). The molecule has 3 heterocycles. The van der Waals surface area contributed by atoms with Crippen LogP contribution in [0.3, 0.4) is 0 Å². The third-order valence-corrected chi connectivity index (χ3v) is 4.85. The number of aromatic nitrogens is 4. The van der Waals surface area contributed by atoms with Crippen molar-refractivity contribution < 1.29 is 18.7 Å². The molecule has 0 saturated heterocycles. The van der Waals surface area contributed by atoms with Crippen LogP contribution in [0, 0.1) is 0 Å². The van der Waals surface area contributed by atoms with Gasteiger partial charge in [0.15, 0.2) is 11.2 Å². The van der Waals surface area contributed by atoms with Crippen molar-refractivity contribution in [3.63, 3.8) is 0 Å². The number of furan rings is 1. The minimum Gasteiger partial charge on any atom is -0.489 e. The number of carbonyl (C=O) groups excluding carboxylic acids is 1. The number of rotatable bonds is 7. The molecule has 10 nitrogen and oxygen atoms in total. The number of aryl methyl sites for hydroxylation is 1. The van der Waals surface area contributed by atoms with Gasteiger partial charge in [-0.1, -0.05) is 18.2 Å². The van der Waals surface area contributed by atoms with E-state index in [4.69, 9.17) is 13.9 Å². The Kier molecular flexibility index (Phi) is 5.44. The van der Waals surface area contributed by atoms with Gasteiger partial charge in [-0.05, 0) is 18.2 Å². The Morgan fingerprint density at radius 3 is 2.65 bits per heavy atom. The summed E-state index contributed by atoms with van der Waals surface area (Å²) in [6.07, 6.45) is 2.83. The molecule has 10 heteroatoms. The first-order valence-corrected chi connectivity index (χ1v) is 9.49. The van der Waals surface area contributed by atoms with Gasteiger partial charge in [-0.25, -0.2) is 14.6 Å². The van der Waals surface area contributed by atoms with Crippen molar-refractivity contribution in [1.29, 1.82) is 0 Å². The van der Waals surface area contributed by atoms with E-state index in [1.54, 1.807) is 10.6 Å². The topological polar surface area (TPSA) is 110 Å². The molecule has 0 fully saturated rings. The molecule has 0 atom stereocenters. The predicted molar refractivity (Wildman–Crippen MR) is 110 cm³/mol. The van der Waals surface area contributed by atoms with Crippen LogP contribution in [0.5, 0.6) is 5.75 Å². The molecule has 0 N–H and O–H groups in total. The number of para-hydroxylation sites is 1. The van der Waals surface area contributed by atoms with Crippen LogP contribution in [-0.4, -0.2) is 31.3 Å². The lowest BCUT2D eigenvalue weighted by Gasteiger charge is -2.08. The molecular formula is C21H20N4O6. The van der Waals surface area contributed by atoms with Crippen molar-refractivity contribution in [2.45, 2.75) is 13.2 Å². The van der Waals surface area contributed by atoms with Crippen molar-refractivity contribution in [3.05, 3.63) is 81.2 Å². The molecule has 3 aromatic heterocycles. The van der Waals surface area contributed by atoms with Gasteiger partial charge >= 0.3 is 11.7 Å². The summed E-state index contributed by atoms with van der Waals surface area (Å²) in [5.74, 6) is 0.0945. The summed E-state index contributed by atoms with van der Waals surface area (Å²) in [6.45, 7) is 0.323. The van der Waals surface area contributed by atoms with Gasteiger partial charge in [0.05, 0.1) is 19.1 Å². The first-order valence-electron chi connectivity index (χ1n) is 9.49. The Labute approximate surface area is 175 Å². The van der Waals surface area contributed by atoms with E-state index in [-0.39, 0.29) is 36.7 Å². The van der Waals surface area contributed by atoms with Gasteiger partial charge in [-0.3, -0.25) is 13.9 Å². The summed E-state index contributed by atoms with van der Waals surface area (Å²) in [5, 5.41) is 0. The van der Waals surface area contributed by atoms with E-state index in [2.05, 4.69) is 4.98 Å². The third-order valence-electron chi connectivity index (χ3n) is 4.85. The maximum absolute atomic E-state index is 12.5. The van der Waals surface area contributed by atoms with E-state index in [0.29, 0.717) is 11.3 Å². The van der Waals surface area contributed by atoms with E-state index in [1.807, 2.05) is 30.3 Å². The van der Waals surface area contributed by atoms with Crippen molar-refractivity contribution >= 4 is 17.1 Å². The number of nitrogens with zero attached hydrogens (tertiary/aromatic N) is 4. The molecule has 0 spiro atoms. The molecule has 31 heavy (non-hydrogen) atoms. The second-order valence-electron chi connectivity index (χ2n) is 6.83. The number of ether oxygens (including phenoxy) is 2. The number of esters is 1. The lowest BCUT2D eigenvalue weighted by atomic mass is 10.2. The normalized spacial score (nSPS) is 11.0. The van der Waals surface area contributed by atoms with Gasteiger partial charge in [0.2, 0.25) is 5.76 Å². The second-order valence-corrected chi connectivity index (χ2v) is 6.83. The highest BCUT2D eigenvalue weighted by Gasteiger charge is 2.18. The van der Waals surface area contributed by atoms with E-state index in [9.17, 15) is 14.4 Å². The van der Waals surface area contributed by atoms with Crippen molar-refractivity contribution in [2.24, 2.45) is 14.1 Å². The van der Waals surface area contributed by atoms with Crippen LogP contribution in [-0.2, 0) is 32.0 Å². The number of carbonyl (C=O) groups is 1. The fraction of sp³-hybridized carbons (Fsp3) is 0.238. The number of imidazole rings is 1. The number of hydrogen-bond donors (Lipinski definition) is 0. The summed E-state index contributed by atoms with van der Waals surface area (Å²) < 4.78 is 20.1. The SMILES string of the molecule is Cn1c(=O)c2c(ncn2CCOC(=O)c2occc2COc2ccccc2)n(C)c1=O. The fourth-order valence-electron chi connectivity index (χ4n) is 3.17. The zero-order valence-corrected chi connectivity index (χ0v) is 17.0. The van der Waals surface area contributed by atoms with Gasteiger partial charge in [0.1, 0.15) is 19.0 Å². The molecule has 0 aliphatic heterocycles. The second kappa shape index (κ2) is 8.34. The summed E-state index contributed by atoms with van der Waals surface area (Å²) in [6, 6.07) is 10.9. The van der Waals surface area contributed by atoms with E-state index in [1.165, 1.54) is 31.3 Å². The zero-order valence-electron chi connectivity index (χ0n) is 17.0. The Hall–Kier alpha value is -4.08. The molecule has 0 aliphatic rings. The first-order chi connectivity index (χ1) is 15.0. The van der Waals surface area contributed by atoms with Crippen molar-refractivity contribution in [3.8, 4) is 5.75 Å². The van der Waals surface area contributed by atoms with Crippen LogP contribution < -0.4 is 16.0 Å². The number of fused-ring (bicyclic) bond motifs is 1. The van der Waals surface area contributed by atoms with Crippen molar-refractivity contribution in [1.82, 2.24) is 18.7 Å². The van der Waals surface area contributed by atoms with Crippen LogP contribution >= 0.6 is 0 Å². The zero-order chi connectivity index (χ0) is 22.0. The average Bonchev–Trinajstić information content (AvgIpc) is 3.43. The minimum absolute atomic E-state index is 0.0179. The number of hydrogen-bond acceptors (Lipinski definition) is 7. The Bertz CT molecular complexity index is 1350. The molecule has 4 aromatic rings. The lowest BCUT2D eigenvalue weighted by molar-refractivity contribution is 0.0452. The highest BCUT2D eigenvalue weighted by atomic mass is 16.5. The van der Waals surface area contributed by atoms with Crippen LogP contribution in [0.1, 0.15) is 16.1 Å². The van der Waals surface area contributed by atoms with E-state index >= 15 is 0 Å². The molecule has 0 saturated carbocycles. The lowest BCUT2D eigenvalue weighted by Crippen LogP contribution is -2.37. The molecule has 1 aromatic carbocycles. The van der Waals surface area contributed by atoms with Crippen LogP contribution in [0.15, 0.2) is 63.0 Å². The monoisotopic (exact) mass is 424 g/mol. The third kappa shape index (κ3) is 3.87. The molecule has 0 unspecified atom stereocenters. The quantitative estimate of drug-likeness (QED) is 0.413. The van der Waals surface area contributed by atoms with Crippen LogP contribution in [0.25, 0.3) is 11.2 Å². The summed E-state index contributed by atoms with van der Waals surface area (Å²) in [7, 11) is 2.94. The minimum atomic E-state index is -0.638. The largest absolute Gasteiger partial charge is 0.489 e. The van der Waals surface area contributed by atoms with Gasteiger partial charge in [-0.15, -0.1) is 0 Å². The molecule has 0 amide bonds. The van der Waals surface area contributed by atoms with E-state index in [0.717, 1.165) is 4.57 Å². The van der Waals surface area contributed by atoms with Crippen molar-refractivity contribution in [2.75, 3.05) is 6.61 Å². The van der Waals surface area contributed by atoms with Crippen LogP contribution in [0.2, 0.25) is 0 Å². The van der Waals surface area contributed by atoms with Gasteiger partial charge in [-0.2, -0.15) is 0 Å². The molecule has 0 aliphatic carbocycles. The maximum atomic E-state index is 12.5. The standard InChI is InChI=1S/C21H20N4O6/c1-23-18-16(19(26)24(2)21(23)28)25(13-22-18)9-11-30-20(27)17-14(8-10-29-17)12-31-15-6-4-3-5-7-15/h3-8,10,13H,9,11-12H2,1-2H3. The molecule has 0 bridgehead atoms. The summed E-state index contributed by atoms with van der Waals surface area (Å²) in [4.78, 5) is 41.0. The highest BCUT2D eigenvalue weighted by Crippen LogP contribution is 2.16. The Balaban J connectivity index is 1.42. The number of benzene rings is 1. The predicted octanol–water partition coefficient (Wildman–Crippen LogP) is 1.46. The molecule has 0 radical (unpaired) electrons. The highest BCUT2D eigenvalue weighted by molar-refractivity contribution is 5.87. The van der Waals surface area contributed by atoms with Gasteiger partial charge in [0, 0.05) is 19.7 Å². The maximum Gasteiger partial charge on any atom is 0.374 e. The van der Waals surface area contributed by atoms with E-state index < -0.39 is 17.2 Å². The van der Waals surface area contributed by atoms with Gasteiger partial charge < -0.3 is 18.5 Å². The first kappa shape index (κ1) is 20.2. The Morgan fingerprint density at radius 2 is 1.87 bits per heavy atom. The fourth-order valence-corrected chi connectivity index (χ4v) is 3.17. The summed E-state index contributed by atoms with van der Waals surface area (Å²) in [5.41, 5.74) is 0.165. The Morgan fingerprint density at radius 1 is 1.10 bits per heavy atom. The summed E-state index contributed by atoms with van der Waals surface area (Å²) >= 11 is 0. The molecular weight excluding hydrogens is 404 g/mol. The molecule has 160 valence electrons. The van der Waals surface area contributed by atoms with Crippen LogP contribution in [0.4, 0.5) is 0 Å². The average molecular weight is 424 g/mol. The van der Waals surface area contributed by atoms with Gasteiger partial charge in [0.25, 0.3) is 5.56 Å².